The normalized spacial score (nSPS) is 14.2. The molecular formula is C11H12ClFO3. The van der Waals surface area contributed by atoms with E-state index in [1.807, 2.05) is 0 Å². The van der Waals surface area contributed by atoms with Crippen LogP contribution >= 0.6 is 11.6 Å². The van der Waals surface area contributed by atoms with Gasteiger partial charge in [-0.3, -0.25) is 0 Å². The second-order valence-corrected chi connectivity index (χ2v) is 3.99. The molecule has 5 heteroatoms. The molecule has 0 heterocycles. The molecule has 88 valence electrons. The number of ether oxygens (including phenoxy) is 1. The molecule has 0 bridgehead atoms. The van der Waals surface area contributed by atoms with Crippen LogP contribution in [-0.2, 0) is 0 Å². The monoisotopic (exact) mass is 246 g/mol. The van der Waals surface area contributed by atoms with E-state index in [2.05, 4.69) is 6.58 Å². The van der Waals surface area contributed by atoms with E-state index in [0.29, 0.717) is 0 Å². The Morgan fingerprint density at radius 2 is 2.25 bits per heavy atom. The summed E-state index contributed by atoms with van der Waals surface area (Å²) in [5.41, 5.74) is -1.57. The Kier molecular flexibility index (Phi) is 3.78. The first-order valence-corrected chi connectivity index (χ1v) is 4.89. The van der Waals surface area contributed by atoms with Crippen molar-refractivity contribution < 1.29 is 19.3 Å². The van der Waals surface area contributed by atoms with Crippen LogP contribution < -0.4 is 4.74 Å². The van der Waals surface area contributed by atoms with E-state index in [4.69, 9.17) is 21.4 Å². The van der Waals surface area contributed by atoms with Gasteiger partial charge in [0.15, 0.2) is 5.60 Å². The first-order valence-electron chi connectivity index (χ1n) is 4.51. The van der Waals surface area contributed by atoms with Crippen molar-refractivity contribution in [2.24, 2.45) is 0 Å². The van der Waals surface area contributed by atoms with Crippen molar-refractivity contribution >= 4 is 11.6 Å². The fourth-order valence-electron chi connectivity index (χ4n) is 0.874. The molecule has 0 saturated heterocycles. The van der Waals surface area contributed by atoms with Gasteiger partial charge >= 0.3 is 0 Å². The molecule has 0 aliphatic carbocycles. The molecule has 0 spiro atoms. The zero-order valence-corrected chi connectivity index (χ0v) is 9.46. The minimum absolute atomic E-state index is 0.00863. The minimum atomic E-state index is -1.57. The number of aliphatic hydroxyl groups excluding tert-OH is 1. The van der Waals surface area contributed by atoms with E-state index in [1.165, 1.54) is 19.1 Å². The van der Waals surface area contributed by atoms with Gasteiger partial charge in [-0.1, -0.05) is 18.2 Å². The van der Waals surface area contributed by atoms with Crippen LogP contribution in [0.25, 0.3) is 0 Å². The predicted octanol–water partition coefficient (Wildman–Crippen LogP) is 2.68. The maximum absolute atomic E-state index is 13.0. The van der Waals surface area contributed by atoms with E-state index >= 15 is 0 Å². The van der Waals surface area contributed by atoms with Crippen LogP contribution in [0, 0.1) is 5.82 Å². The minimum Gasteiger partial charge on any atom is -0.510 e. The van der Waals surface area contributed by atoms with Gasteiger partial charge in [0.2, 0.25) is 0 Å². The quantitative estimate of drug-likeness (QED) is 0.803. The van der Waals surface area contributed by atoms with Crippen LogP contribution in [0.1, 0.15) is 6.92 Å². The molecule has 0 unspecified atom stereocenters. The molecule has 0 radical (unpaired) electrons. The lowest BCUT2D eigenvalue weighted by Gasteiger charge is -2.21. The largest absolute Gasteiger partial charge is 0.510 e. The SMILES string of the molecule is C=C(O)[C@](C)(O)COc1ccc(Cl)c(F)c1. The maximum Gasteiger partial charge on any atom is 0.151 e. The van der Waals surface area contributed by atoms with Crippen molar-refractivity contribution in [2.75, 3.05) is 6.61 Å². The lowest BCUT2D eigenvalue weighted by atomic mass is 10.1. The van der Waals surface area contributed by atoms with Crippen molar-refractivity contribution in [3.8, 4) is 5.75 Å². The van der Waals surface area contributed by atoms with Crippen molar-refractivity contribution in [3.63, 3.8) is 0 Å². The average Bonchev–Trinajstić information content (AvgIpc) is 2.20. The summed E-state index contributed by atoms with van der Waals surface area (Å²) in [4.78, 5) is 0. The van der Waals surface area contributed by atoms with E-state index in [0.717, 1.165) is 6.07 Å². The highest BCUT2D eigenvalue weighted by Gasteiger charge is 2.25. The summed E-state index contributed by atoms with van der Waals surface area (Å²) in [6, 6.07) is 3.90. The molecule has 0 saturated carbocycles. The first-order chi connectivity index (χ1) is 7.33. The average molecular weight is 247 g/mol. The van der Waals surface area contributed by atoms with E-state index < -0.39 is 17.2 Å². The smallest absolute Gasteiger partial charge is 0.151 e. The van der Waals surface area contributed by atoms with Gasteiger partial charge in [-0.05, 0) is 19.1 Å². The van der Waals surface area contributed by atoms with Crippen LogP contribution in [0.5, 0.6) is 5.75 Å². The first kappa shape index (κ1) is 12.8. The van der Waals surface area contributed by atoms with E-state index in [1.54, 1.807) is 0 Å². The van der Waals surface area contributed by atoms with Gasteiger partial charge in [0.1, 0.15) is 23.9 Å². The molecule has 3 nitrogen and oxygen atoms in total. The number of hydrogen-bond donors (Lipinski definition) is 2. The molecule has 16 heavy (non-hydrogen) atoms. The van der Waals surface area contributed by atoms with Crippen LogP contribution in [-0.4, -0.2) is 22.4 Å². The second kappa shape index (κ2) is 4.72. The van der Waals surface area contributed by atoms with Crippen molar-refractivity contribution in [3.05, 3.63) is 41.4 Å². The highest BCUT2D eigenvalue weighted by Crippen LogP contribution is 2.22. The van der Waals surface area contributed by atoms with Crippen molar-refractivity contribution in [2.45, 2.75) is 12.5 Å². The Hall–Kier alpha value is -1.26. The van der Waals surface area contributed by atoms with Crippen molar-refractivity contribution in [1.29, 1.82) is 0 Å². The molecule has 0 aliphatic heterocycles. The Balaban J connectivity index is 2.68. The molecular weight excluding hydrogens is 235 g/mol. The third-order valence-electron chi connectivity index (χ3n) is 2.03. The van der Waals surface area contributed by atoms with E-state index in [-0.39, 0.29) is 17.4 Å². The molecule has 0 fully saturated rings. The summed E-state index contributed by atoms with van der Waals surface area (Å²) in [6.07, 6.45) is 0. The van der Waals surface area contributed by atoms with E-state index in [9.17, 15) is 9.50 Å². The predicted molar refractivity (Wildman–Crippen MR) is 59.3 cm³/mol. The van der Waals surface area contributed by atoms with Gasteiger partial charge < -0.3 is 14.9 Å². The summed E-state index contributed by atoms with van der Waals surface area (Å²) < 4.78 is 18.1. The lowest BCUT2D eigenvalue weighted by molar-refractivity contribution is 0.0105. The third-order valence-corrected chi connectivity index (χ3v) is 2.34. The van der Waals surface area contributed by atoms with Crippen LogP contribution in [0.15, 0.2) is 30.5 Å². The van der Waals surface area contributed by atoms with Gasteiger partial charge in [-0.2, -0.15) is 0 Å². The topological polar surface area (TPSA) is 49.7 Å². The Labute approximate surface area is 97.7 Å². The highest BCUT2D eigenvalue weighted by atomic mass is 35.5. The molecule has 1 rings (SSSR count). The van der Waals surface area contributed by atoms with Gasteiger partial charge in [-0.25, -0.2) is 4.39 Å². The molecule has 0 aliphatic rings. The van der Waals surface area contributed by atoms with Gasteiger partial charge in [0, 0.05) is 6.07 Å². The van der Waals surface area contributed by atoms with Crippen LogP contribution in [0.3, 0.4) is 0 Å². The number of benzene rings is 1. The number of hydrogen-bond acceptors (Lipinski definition) is 3. The molecule has 1 atom stereocenters. The number of rotatable bonds is 4. The number of halogens is 2. The molecule has 0 amide bonds. The lowest BCUT2D eigenvalue weighted by Crippen LogP contribution is -2.34. The molecule has 2 N–H and O–H groups in total. The third kappa shape index (κ3) is 3.12. The molecule has 1 aromatic carbocycles. The fraction of sp³-hybridized carbons (Fsp3) is 0.273. The summed E-state index contributed by atoms with van der Waals surface area (Å²) in [5.74, 6) is -0.813. The molecule has 0 aromatic heterocycles. The fourth-order valence-corrected chi connectivity index (χ4v) is 0.991. The highest BCUT2D eigenvalue weighted by molar-refractivity contribution is 6.30. The maximum atomic E-state index is 13.0. The zero-order chi connectivity index (χ0) is 12.3. The molecule has 1 aromatic rings. The van der Waals surface area contributed by atoms with Crippen LogP contribution in [0.2, 0.25) is 5.02 Å². The Morgan fingerprint density at radius 3 is 2.75 bits per heavy atom. The zero-order valence-electron chi connectivity index (χ0n) is 8.70. The van der Waals surface area contributed by atoms with Gasteiger partial charge in [0.05, 0.1) is 5.02 Å². The number of aliphatic hydroxyl groups is 2. The summed E-state index contributed by atoms with van der Waals surface area (Å²) >= 11 is 5.49. The standard InChI is InChI=1S/C11H12ClFO3/c1-7(14)11(2,15)6-16-8-3-4-9(12)10(13)5-8/h3-5,14-15H,1,6H2,2H3/t11-/m1/s1. The second-order valence-electron chi connectivity index (χ2n) is 3.59. The van der Waals surface area contributed by atoms with Gasteiger partial charge in [-0.15, -0.1) is 0 Å². The van der Waals surface area contributed by atoms with Gasteiger partial charge in [0.25, 0.3) is 0 Å². The Bertz CT molecular complexity index is 404. The summed E-state index contributed by atoms with van der Waals surface area (Å²) in [7, 11) is 0. The summed E-state index contributed by atoms with van der Waals surface area (Å²) in [6.45, 7) is 4.30. The summed E-state index contributed by atoms with van der Waals surface area (Å²) in [5, 5.41) is 18.6. The van der Waals surface area contributed by atoms with Crippen molar-refractivity contribution in [1.82, 2.24) is 0 Å². The Morgan fingerprint density at radius 1 is 1.62 bits per heavy atom. The van der Waals surface area contributed by atoms with Crippen LogP contribution in [0.4, 0.5) is 4.39 Å².